The molecular formula is C16H13BrClN3. The van der Waals surface area contributed by atoms with E-state index in [1.54, 1.807) is 4.68 Å². The Morgan fingerprint density at radius 2 is 1.86 bits per heavy atom. The molecule has 0 aliphatic rings. The summed E-state index contributed by atoms with van der Waals surface area (Å²) in [6.45, 7) is 0.622. The Balaban J connectivity index is 1.89. The average molecular weight is 363 g/mol. The molecule has 0 saturated heterocycles. The molecule has 0 amide bonds. The highest BCUT2D eigenvalue weighted by molar-refractivity contribution is 9.10. The minimum Gasteiger partial charge on any atom is -0.384 e. The number of hydrogen-bond donors (Lipinski definition) is 1. The van der Waals surface area contributed by atoms with Gasteiger partial charge in [-0.25, -0.2) is 4.68 Å². The molecule has 1 aromatic heterocycles. The van der Waals surface area contributed by atoms with Gasteiger partial charge in [0.15, 0.2) is 0 Å². The smallest absolute Gasteiger partial charge is 0.122 e. The van der Waals surface area contributed by atoms with Gasteiger partial charge < -0.3 is 5.73 Å². The number of benzene rings is 2. The van der Waals surface area contributed by atoms with Gasteiger partial charge in [-0.1, -0.05) is 51.8 Å². The monoisotopic (exact) mass is 361 g/mol. The third-order valence-corrected chi connectivity index (χ3v) is 3.92. The van der Waals surface area contributed by atoms with Crippen LogP contribution in [0.15, 0.2) is 59.1 Å². The van der Waals surface area contributed by atoms with Crippen molar-refractivity contribution in [3.8, 4) is 11.3 Å². The minimum atomic E-state index is 0.622. The summed E-state index contributed by atoms with van der Waals surface area (Å²) >= 11 is 9.36. The van der Waals surface area contributed by atoms with Crippen LogP contribution in [0, 0.1) is 0 Å². The molecule has 0 aliphatic carbocycles. The van der Waals surface area contributed by atoms with E-state index >= 15 is 0 Å². The Kier molecular flexibility index (Phi) is 3.99. The van der Waals surface area contributed by atoms with Crippen molar-refractivity contribution in [1.29, 1.82) is 0 Å². The van der Waals surface area contributed by atoms with E-state index in [0.29, 0.717) is 12.4 Å². The third kappa shape index (κ3) is 3.28. The van der Waals surface area contributed by atoms with E-state index in [4.69, 9.17) is 17.3 Å². The van der Waals surface area contributed by atoms with E-state index in [0.717, 1.165) is 26.3 Å². The van der Waals surface area contributed by atoms with Crippen LogP contribution in [0.25, 0.3) is 11.3 Å². The van der Waals surface area contributed by atoms with Crippen molar-refractivity contribution >= 4 is 33.3 Å². The molecule has 1 heterocycles. The van der Waals surface area contributed by atoms with Crippen LogP contribution in [0.5, 0.6) is 0 Å². The molecule has 0 spiro atoms. The number of hydrogen-bond acceptors (Lipinski definition) is 2. The Bertz CT molecular complexity index is 765. The van der Waals surface area contributed by atoms with Gasteiger partial charge in [-0.3, -0.25) is 0 Å². The molecule has 106 valence electrons. The zero-order chi connectivity index (χ0) is 14.8. The summed E-state index contributed by atoms with van der Waals surface area (Å²) in [5.41, 5.74) is 9.06. The number of aromatic nitrogens is 2. The number of nitrogens with two attached hydrogens (primary N) is 1. The number of anilines is 1. The highest BCUT2D eigenvalue weighted by Crippen LogP contribution is 2.24. The van der Waals surface area contributed by atoms with E-state index in [9.17, 15) is 0 Å². The second kappa shape index (κ2) is 5.92. The second-order valence-corrected chi connectivity index (χ2v) is 6.10. The highest BCUT2D eigenvalue weighted by Gasteiger charge is 2.08. The molecule has 3 aromatic rings. The van der Waals surface area contributed by atoms with Crippen molar-refractivity contribution in [3.63, 3.8) is 0 Å². The second-order valence-electron chi connectivity index (χ2n) is 4.75. The topological polar surface area (TPSA) is 43.8 Å². The van der Waals surface area contributed by atoms with E-state index in [1.807, 2.05) is 54.6 Å². The van der Waals surface area contributed by atoms with Gasteiger partial charge in [0, 0.05) is 21.1 Å². The molecule has 0 atom stereocenters. The quantitative estimate of drug-likeness (QED) is 0.740. The van der Waals surface area contributed by atoms with Crippen LogP contribution in [-0.2, 0) is 6.54 Å². The SMILES string of the molecule is Nc1cc(-c2cccc(Br)c2)nn1Cc1ccc(Cl)cc1. The van der Waals surface area contributed by atoms with Crippen LogP contribution in [-0.4, -0.2) is 9.78 Å². The van der Waals surface area contributed by atoms with Crippen LogP contribution in [0.1, 0.15) is 5.56 Å². The maximum absolute atomic E-state index is 6.06. The van der Waals surface area contributed by atoms with E-state index in [-0.39, 0.29) is 0 Å². The van der Waals surface area contributed by atoms with Crippen molar-refractivity contribution in [2.45, 2.75) is 6.54 Å². The summed E-state index contributed by atoms with van der Waals surface area (Å²) in [4.78, 5) is 0. The summed E-state index contributed by atoms with van der Waals surface area (Å²) in [5.74, 6) is 0.639. The predicted octanol–water partition coefficient (Wildman–Crippen LogP) is 4.60. The maximum atomic E-state index is 6.06. The molecule has 0 bridgehead atoms. The summed E-state index contributed by atoms with van der Waals surface area (Å²) in [6, 6.07) is 17.6. The number of nitrogen functional groups attached to an aromatic ring is 1. The zero-order valence-electron chi connectivity index (χ0n) is 11.1. The largest absolute Gasteiger partial charge is 0.384 e. The first-order valence-corrected chi connectivity index (χ1v) is 7.62. The van der Waals surface area contributed by atoms with Crippen molar-refractivity contribution in [2.24, 2.45) is 0 Å². The molecular weight excluding hydrogens is 350 g/mol. The fraction of sp³-hybridized carbons (Fsp3) is 0.0625. The lowest BCUT2D eigenvalue weighted by molar-refractivity contribution is 0.700. The van der Waals surface area contributed by atoms with Crippen LogP contribution in [0.4, 0.5) is 5.82 Å². The van der Waals surface area contributed by atoms with Gasteiger partial charge >= 0.3 is 0 Å². The lowest BCUT2D eigenvalue weighted by Crippen LogP contribution is -2.05. The molecule has 0 fully saturated rings. The van der Waals surface area contributed by atoms with Gasteiger partial charge in [0.25, 0.3) is 0 Å². The molecule has 3 nitrogen and oxygen atoms in total. The molecule has 21 heavy (non-hydrogen) atoms. The summed E-state index contributed by atoms with van der Waals surface area (Å²) in [5, 5.41) is 5.30. The lowest BCUT2D eigenvalue weighted by atomic mass is 10.2. The first-order chi connectivity index (χ1) is 10.1. The van der Waals surface area contributed by atoms with Crippen molar-refractivity contribution in [3.05, 3.63) is 69.7 Å². The van der Waals surface area contributed by atoms with Gasteiger partial charge in [-0.2, -0.15) is 5.10 Å². The summed E-state index contributed by atoms with van der Waals surface area (Å²) in [6.07, 6.45) is 0. The fourth-order valence-electron chi connectivity index (χ4n) is 2.11. The van der Waals surface area contributed by atoms with Crippen molar-refractivity contribution in [1.82, 2.24) is 9.78 Å². The van der Waals surface area contributed by atoms with Gasteiger partial charge in [0.05, 0.1) is 12.2 Å². The van der Waals surface area contributed by atoms with E-state index < -0.39 is 0 Å². The number of rotatable bonds is 3. The molecule has 0 saturated carbocycles. The third-order valence-electron chi connectivity index (χ3n) is 3.18. The van der Waals surface area contributed by atoms with E-state index in [1.165, 1.54) is 0 Å². The fourth-order valence-corrected chi connectivity index (χ4v) is 2.63. The molecule has 3 rings (SSSR count). The van der Waals surface area contributed by atoms with Crippen LogP contribution >= 0.6 is 27.5 Å². The normalized spacial score (nSPS) is 10.8. The van der Waals surface area contributed by atoms with Crippen molar-refractivity contribution < 1.29 is 0 Å². The Morgan fingerprint density at radius 1 is 1.10 bits per heavy atom. The van der Waals surface area contributed by atoms with Gasteiger partial charge in [-0.05, 0) is 29.8 Å². The molecule has 0 radical (unpaired) electrons. The number of halogens is 2. The van der Waals surface area contributed by atoms with E-state index in [2.05, 4.69) is 21.0 Å². The molecule has 0 aliphatic heterocycles. The van der Waals surface area contributed by atoms with Crippen LogP contribution in [0.3, 0.4) is 0 Å². The Morgan fingerprint density at radius 3 is 2.57 bits per heavy atom. The van der Waals surface area contributed by atoms with Gasteiger partial charge in [0.2, 0.25) is 0 Å². The first kappa shape index (κ1) is 14.2. The van der Waals surface area contributed by atoms with Crippen LogP contribution < -0.4 is 5.73 Å². The first-order valence-electron chi connectivity index (χ1n) is 6.45. The van der Waals surface area contributed by atoms with Crippen LogP contribution in [0.2, 0.25) is 5.02 Å². The zero-order valence-corrected chi connectivity index (χ0v) is 13.5. The Labute approximate surface area is 136 Å². The molecule has 5 heteroatoms. The summed E-state index contributed by atoms with van der Waals surface area (Å²) in [7, 11) is 0. The average Bonchev–Trinajstić information content (AvgIpc) is 2.83. The standard InChI is InChI=1S/C16H13BrClN3/c17-13-3-1-2-12(8-13)15-9-16(19)21(20-15)10-11-4-6-14(18)7-5-11/h1-9H,10,19H2. The highest BCUT2D eigenvalue weighted by atomic mass is 79.9. The maximum Gasteiger partial charge on any atom is 0.122 e. The summed E-state index contributed by atoms with van der Waals surface area (Å²) < 4.78 is 2.81. The minimum absolute atomic E-state index is 0.622. The van der Waals surface area contributed by atoms with Gasteiger partial charge in [0.1, 0.15) is 5.82 Å². The molecule has 0 unspecified atom stereocenters. The lowest BCUT2D eigenvalue weighted by Gasteiger charge is -2.04. The number of nitrogens with zero attached hydrogens (tertiary/aromatic N) is 2. The molecule has 2 N–H and O–H groups in total. The molecule has 2 aromatic carbocycles. The van der Waals surface area contributed by atoms with Crippen molar-refractivity contribution in [2.75, 3.05) is 5.73 Å². The Hall–Kier alpha value is -1.78. The van der Waals surface area contributed by atoms with Gasteiger partial charge in [-0.15, -0.1) is 0 Å². The predicted molar refractivity (Wildman–Crippen MR) is 90.3 cm³/mol.